The highest BCUT2D eigenvalue weighted by atomic mass is 35.5. The van der Waals surface area contributed by atoms with E-state index < -0.39 is 11.8 Å². The van der Waals surface area contributed by atoms with Crippen molar-refractivity contribution in [3.8, 4) is 11.5 Å². The van der Waals surface area contributed by atoms with E-state index >= 15 is 0 Å². The first kappa shape index (κ1) is 19.7. The summed E-state index contributed by atoms with van der Waals surface area (Å²) in [6.07, 6.45) is 1.34. The van der Waals surface area contributed by atoms with E-state index in [-0.39, 0.29) is 6.54 Å². The Hall–Kier alpha value is -2.32. The third-order valence-corrected chi connectivity index (χ3v) is 3.00. The Labute approximate surface area is 145 Å². The number of ether oxygens (including phenoxy) is 3. The maximum Gasteiger partial charge on any atom is 0.329 e. The zero-order valence-electron chi connectivity index (χ0n) is 13.7. The van der Waals surface area contributed by atoms with Crippen molar-refractivity contribution in [1.82, 2.24) is 10.7 Å². The van der Waals surface area contributed by atoms with E-state index in [2.05, 4.69) is 15.8 Å². The molecule has 0 aromatic heterocycles. The maximum absolute atomic E-state index is 11.5. The lowest BCUT2D eigenvalue weighted by Crippen LogP contribution is -2.39. The van der Waals surface area contributed by atoms with Crippen LogP contribution in [0.4, 0.5) is 0 Å². The summed E-state index contributed by atoms with van der Waals surface area (Å²) < 4.78 is 15.4. The summed E-state index contributed by atoms with van der Waals surface area (Å²) in [5.74, 6) is -0.812. The summed E-state index contributed by atoms with van der Waals surface area (Å²) in [7, 11) is 2.98. The van der Waals surface area contributed by atoms with Crippen LogP contribution in [-0.4, -0.2) is 52.0 Å². The van der Waals surface area contributed by atoms with Crippen LogP contribution in [-0.2, 0) is 14.3 Å². The molecule has 0 saturated carbocycles. The van der Waals surface area contributed by atoms with E-state index in [0.29, 0.717) is 35.3 Å². The number of carbonyl (C=O) groups is 2. The Kier molecular flexibility index (Phi) is 8.59. The van der Waals surface area contributed by atoms with Crippen LogP contribution in [0.5, 0.6) is 11.5 Å². The molecule has 2 N–H and O–H groups in total. The van der Waals surface area contributed by atoms with Crippen LogP contribution in [0.25, 0.3) is 0 Å². The summed E-state index contributed by atoms with van der Waals surface area (Å²) in [6, 6.07) is 3.24. The lowest BCUT2D eigenvalue weighted by molar-refractivity contribution is -0.139. The highest BCUT2D eigenvalue weighted by Gasteiger charge is 2.12. The molecule has 0 aliphatic heterocycles. The number of hydrogen-bond donors (Lipinski definition) is 2. The van der Waals surface area contributed by atoms with E-state index in [1.165, 1.54) is 20.4 Å². The van der Waals surface area contributed by atoms with Gasteiger partial charge in [0, 0.05) is 13.7 Å². The van der Waals surface area contributed by atoms with Gasteiger partial charge in [-0.3, -0.25) is 9.59 Å². The minimum atomic E-state index is -0.883. The van der Waals surface area contributed by atoms with Gasteiger partial charge in [0.25, 0.3) is 0 Å². The Morgan fingerprint density at radius 1 is 1.29 bits per heavy atom. The molecule has 8 nitrogen and oxygen atoms in total. The van der Waals surface area contributed by atoms with E-state index in [1.807, 2.05) is 6.92 Å². The summed E-state index contributed by atoms with van der Waals surface area (Å²) >= 11 is 6.12. The molecule has 0 spiro atoms. The van der Waals surface area contributed by atoms with Gasteiger partial charge in [0.15, 0.2) is 11.5 Å². The standard InChI is InChI=1S/C15H20ClN3O5/c1-4-24-13-11(16)7-10(8-12(13)23-3)9-18-19-15(21)14(20)17-5-6-22-2/h7-9H,4-6H2,1-3H3,(H,17,20)(H,19,21)/b18-9-. The van der Waals surface area contributed by atoms with Gasteiger partial charge in [0.1, 0.15) is 0 Å². The van der Waals surface area contributed by atoms with Crippen LogP contribution in [0.1, 0.15) is 12.5 Å². The van der Waals surface area contributed by atoms with Crippen molar-refractivity contribution < 1.29 is 23.8 Å². The second kappa shape index (κ2) is 10.5. The average Bonchev–Trinajstić information content (AvgIpc) is 2.57. The van der Waals surface area contributed by atoms with Gasteiger partial charge in [-0.25, -0.2) is 5.43 Å². The van der Waals surface area contributed by atoms with Gasteiger partial charge >= 0.3 is 11.8 Å². The Balaban J connectivity index is 2.68. The summed E-state index contributed by atoms with van der Waals surface area (Å²) in [5, 5.41) is 6.43. The number of nitrogens with one attached hydrogen (secondary N) is 2. The summed E-state index contributed by atoms with van der Waals surface area (Å²) in [5.41, 5.74) is 2.69. The quantitative estimate of drug-likeness (QED) is 0.312. The molecule has 0 aliphatic carbocycles. The van der Waals surface area contributed by atoms with Crippen molar-refractivity contribution in [3.05, 3.63) is 22.7 Å². The number of carbonyl (C=O) groups excluding carboxylic acids is 2. The number of hydrazone groups is 1. The number of halogens is 1. The topological polar surface area (TPSA) is 98.2 Å². The first-order chi connectivity index (χ1) is 11.5. The van der Waals surface area contributed by atoms with Gasteiger partial charge < -0.3 is 19.5 Å². The highest BCUT2D eigenvalue weighted by Crippen LogP contribution is 2.35. The Morgan fingerprint density at radius 2 is 2.04 bits per heavy atom. The molecule has 1 rings (SSSR count). The van der Waals surface area contributed by atoms with Crippen LogP contribution in [0.3, 0.4) is 0 Å². The SMILES string of the molecule is CCOc1c(Cl)cc(/C=N\NC(=O)C(=O)NCCOC)cc1OC. The number of methoxy groups -OCH3 is 2. The minimum absolute atomic E-state index is 0.234. The van der Waals surface area contributed by atoms with E-state index in [4.69, 9.17) is 25.8 Å². The third kappa shape index (κ3) is 6.05. The highest BCUT2D eigenvalue weighted by molar-refractivity contribution is 6.35. The fourth-order valence-electron chi connectivity index (χ4n) is 1.66. The molecule has 1 aromatic carbocycles. The van der Waals surface area contributed by atoms with Crippen molar-refractivity contribution in [1.29, 1.82) is 0 Å². The molecule has 0 radical (unpaired) electrons. The molecular weight excluding hydrogens is 338 g/mol. The number of rotatable bonds is 8. The molecule has 0 unspecified atom stereocenters. The van der Waals surface area contributed by atoms with E-state index in [1.54, 1.807) is 12.1 Å². The minimum Gasteiger partial charge on any atom is -0.493 e. The maximum atomic E-state index is 11.5. The Morgan fingerprint density at radius 3 is 2.67 bits per heavy atom. The van der Waals surface area contributed by atoms with Crippen molar-refractivity contribution in [2.75, 3.05) is 34.0 Å². The number of hydrogen-bond acceptors (Lipinski definition) is 6. The smallest absolute Gasteiger partial charge is 0.329 e. The van der Waals surface area contributed by atoms with Crippen LogP contribution in [0, 0.1) is 0 Å². The second-order valence-electron chi connectivity index (χ2n) is 4.41. The van der Waals surface area contributed by atoms with Crippen molar-refractivity contribution >= 4 is 29.6 Å². The second-order valence-corrected chi connectivity index (χ2v) is 4.82. The number of benzene rings is 1. The normalized spacial score (nSPS) is 10.5. The van der Waals surface area contributed by atoms with Crippen LogP contribution < -0.4 is 20.2 Å². The van der Waals surface area contributed by atoms with Crippen molar-refractivity contribution in [2.24, 2.45) is 5.10 Å². The molecule has 0 heterocycles. The molecule has 24 heavy (non-hydrogen) atoms. The first-order valence-electron chi connectivity index (χ1n) is 7.14. The molecule has 1 aromatic rings. The molecule has 0 fully saturated rings. The van der Waals surface area contributed by atoms with E-state index in [9.17, 15) is 9.59 Å². The van der Waals surface area contributed by atoms with E-state index in [0.717, 1.165) is 0 Å². The van der Waals surface area contributed by atoms with Gasteiger partial charge in [-0.05, 0) is 24.6 Å². The first-order valence-corrected chi connectivity index (χ1v) is 7.51. The lowest BCUT2D eigenvalue weighted by Gasteiger charge is -2.11. The Bertz CT molecular complexity index is 607. The van der Waals surface area contributed by atoms with Gasteiger partial charge in [0.2, 0.25) is 0 Å². The zero-order chi connectivity index (χ0) is 17.9. The van der Waals surface area contributed by atoms with Crippen molar-refractivity contribution in [3.63, 3.8) is 0 Å². The van der Waals surface area contributed by atoms with Gasteiger partial charge in [-0.2, -0.15) is 5.10 Å². The molecule has 0 saturated heterocycles. The largest absolute Gasteiger partial charge is 0.493 e. The molecule has 9 heteroatoms. The lowest BCUT2D eigenvalue weighted by atomic mass is 10.2. The number of nitrogens with zero attached hydrogens (tertiary/aromatic N) is 1. The van der Waals surface area contributed by atoms with Gasteiger partial charge in [-0.1, -0.05) is 11.6 Å². The molecule has 0 aliphatic rings. The molecule has 0 bridgehead atoms. The monoisotopic (exact) mass is 357 g/mol. The fourth-order valence-corrected chi connectivity index (χ4v) is 1.94. The van der Waals surface area contributed by atoms with Crippen LogP contribution in [0.2, 0.25) is 5.02 Å². The molecule has 0 atom stereocenters. The molecule has 132 valence electrons. The molecular formula is C15H20ClN3O5. The van der Waals surface area contributed by atoms with Crippen LogP contribution in [0.15, 0.2) is 17.2 Å². The van der Waals surface area contributed by atoms with Crippen LogP contribution >= 0.6 is 11.6 Å². The summed E-state index contributed by atoms with van der Waals surface area (Å²) in [6.45, 7) is 2.82. The summed E-state index contributed by atoms with van der Waals surface area (Å²) in [4.78, 5) is 22.9. The third-order valence-electron chi connectivity index (χ3n) is 2.72. The average molecular weight is 358 g/mol. The van der Waals surface area contributed by atoms with Gasteiger partial charge in [-0.15, -0.1) is 0 Å². The fraction of sp³-hybridized carbons (Fsp3) is 0.400. The van der Waals surface area contributed by atoms with Gasteiger partial charge in [0.05, 0.1) is 31.6 Å². The predicted octanol–water partition coefficient (Wildman–Crippen LogP) is 0.960. The zero-order valence-corrected chi connectivity index (χ0v) is 14.5. The molecule has 2 amide bonds. The predicted molar refractivity (Wildman–Crippen MR) is 89.8 cm³/mol. The van der Waals surface area contributed by atoms with Crippen molar-refractivity contribution in [2.45, 2.75) is 6.92 Å². The number of amides is 2.